The molecule has 0 saturated heterocycles. The largest absolute Gasteiger partial charge is 0.342 e. The lowest BCUT2D eigenvalue weighted by Crippen LogP contribution is -2.33. The number of hydrogen-bond acceptors (Lipinski definition) is 2. The maximum Gasteiger partial charge on any atom is 0.230 e. The van der Waals surface area contributed by atoms with Gasteiger partial charge in [0.2, 0.25) is 5.91 Å². The summed E-state index contributed by atoms with van der Waals surface area (Å²) in [7, 11) is 0. The number of likely N-dealkylation sites (N-methyl/N-ethyl adjacent to an activating group) is 1. The van der Waals surface area contributed by atoms with Crippen LogP contribution in [0, 0.1) is 0 Å². The van der Waals surface area contributed by atoms with Crippen molar-refractivity contribution < 1.29 is 9.59 Å². The Morgan fingerprint density at radius 1 is 1.18 bits per heavy atom. The molecule has 1 aromatic carbocycles. The molecule has 0 unspecified atom stereocenters. The van der Waals surface area contributed by atoms with Crippen LogP contribution in [0.5, 0.6) is 0 Å². The minimum atomic E-state index is -0.0758. The zero-order valence-electron chi connectivity index (χ0n) is 10.5. The van der Waals surface area contributed by atoms with E-state index in [-0.39, 0.29) is 18.1 Å². The number of nitrogens with zero attached hydrogens (tertiary/aromatic N) is 1. The third kappa shape index (κ3) is 4.81. The van der Waals surface area contributed by atoms with Crippen LogP contribution in [0.3, 0.4) is 0 Å². The summed E-state index contributed by atoms with van der Waals surface area (Å²) in [6, 6.07) is 10.0. The lowest BCUT2D eigenvalue weighted by molar-refractivity contribution is -0.134. The highest BCUT2D eigenvalue weighted by Gasteiger charge is 2.13. The van der Waals surface area contributed by atoms with E-state index in [1.165, 1.54) is 12.5 Å². The van der Waals surface area contributed by atoms with Crippen LogP contribution in [0.15, 0.2) is 30.3 Å². The molecule has 0 aromatic heterocycles. The van der Waals surface area contributed by atoms with Gasteiger partial charge in [-0.25, -0.2) is 0 Å². The Bertz CT molecular complexity index is 373. The highest BCUT2D eigenvalue weighted by molar-refractivity contribution is 5.96. The number of carbonyl (C=O) groups is 2. The summed E-state index contributed by atoms with van der Waals surface area (Å²) >= 11 is 0. The van der Waals surface area contributed by atoms with E-state index >= 15 is 0 Å². The molecule has 3 nitrogen and oxygen atoms in total. The molecule has 0 heterocycles. The van der Waals surface area contributed by atoms with Crippen LogP contribution in [0.25, 0.3) is 0 Å². The van der Waals surface area contributed by atoms with Crippen molar-refractivity contribution in [1.29, 1.82) is 0 Å². The molecule has 0 atom stereocenters. The molecule has 0 aliphatic rings. The highest BCUT2D eigenvalue weighted by atomic mass is 16.2. The Kier molecular flexibility index (Phi) is 5.40. The fraction of sp³-hybridized carbons (Fsp3) is 0.429. The lowest BCUT2D eigenvalue weighted by Gasteiger charge is -2.20. The molecular weight excluding hydrogens is 214 g/mol. The Balaban J connectivity index is 2.47. The van der Waals surface area contributed by atoms with E-state index in [2.05, 4.69) is 0 Å². The molecule has 0 aliphatic heterocycles. The molecule has 1 amide bonds. The van der Waals surface area contributed by atoms with Crippen molar-refractivity contribution >= 4 is 11.7 Å². The predicted molar refractivity (Wildman–Crippen MR) is 67.7 cm³/mol. The van der Waals surface area contributed by atoms with Crippen molar-refractivity contribution in [2.45, 2.75) is 26.7 Å². The smallest absolute Gasteiger partial charge is 0.230 e. The summed E-state index contributed by atoms with van der Waals surface area (Å²) in [5.74, 6) is -0.149. The van der Waals surface area contributed by atoms with Crippen molar-refractivity contribution in [3.8, 4) is 0 Å². The summed E-state index contributed by atoms with van der Waals surface area (Å²) in [6.45, 7) is 4.71. The van der Waals surface area contributed by atoms with E-state index in [1.807, 2.05) is 37.3 Å². The molecule has 1 rings (SSSR count). The second kappa shape index (κ2) is 6.84. The van der Waals surface area contributed by atoms with Crippen LogP contribution in [-0.2, 0) is 16.0 Å². The van der Waals surface area contributed by atoms with Crippen LogP contribution < -0.4 is 0 Å². The van der Waals surface area contributed by atoms with Gasteiger partial charge in [-0.2, -0.15) is 0 Å². The molecule has 3 heteroatoms. The number of amides is 1. The first kappa shape index (κ1) is 13.4. The zero-order chi connectivity index (χ0) is 12.7. The van der Waals surface area contributed by atoms with E-state index in [1.54, 1.807) is 4.90 Å². The number of rotatable bonds is 6. The predicted octanol–water partition coefficient (Wildman–Crippen LogP) is 2.06. The molecule has 0 spiro atoms. The molecule has 17 heavy (non-hydrogen) atoms. The Hall–Kier alpha value is -1.64. The monoisotopic (exact) mass is 233 g/mol. The molecule has 92 valence electrons. The highest BCUT2D eigenvalue weighted by Crippen LogP contribution is 2.03. The number of ketones is 1. The second-order valence-electron chi connectivity index (χ2n) is 4.09. The van der Waals surface area contributed by atoms with Gasteiger partial charge in [-0.3, -0.25) is 9.59 Å². The van der Waals surface area contributed by atoms with E-state index in [0.29, 0.717) is 13.1 Å². The number of carbonyl (C=O) groups excluding carboxylic acids is 2. The van der Waals surface area contributed by atoms with Gasteiger partial charge >= 0.3 is 0 Å². The average Bonchev–Trinajstić information content (AvgIpc) is 2.30. The van der Waals surface area contributed by atoms with Gasteiger partial charge in [0.25, 0.3) is 0 Å². The van der Waals surface area contributed by atoms with Gasteiger partial charge in [0, 0.05) is 13.1 Å². The van der Waals surface area contributed by atoms with Crippen molar-refractivity contribution in [1.82, 2.24) is 4.90 Å². The van der Waals surface area contributed by atoms with Gasteiger partial charge in [0.15, 0.2) is 0 Å². The van der Waals surface area contributed by atoms with Crippen LogP contribution in [0.1, 0.15) is 25.8 Å². The first-order valence-corrected chi connectivity index (χ1v) is 5.94. The number of hydrogen-bond donors (Lipinski definition) is 0. The van der Waals surface area contributed by atoms with E-state index in [0.717, 1.165) is 6.42 Å². The van der Waals surface area contributed by atoms with Crippen LogP contribution >= 0.6 is 0 Å². The van der Waals surface area contributed by atoms with Crippen molar-refractivity contribution in [2.24, 2.45) is 0 Å². The topological polar surface area (TPSA) is 37.4 Å². The Morgan fingerprint density at radius 2 is 1.82 bits per heavy atom. The molecule has 0 aliphatic carbocycles. The minimum Gasteiger partial charge on any atom is -0.342 e. The maximum absolute atomic E-state index is 11.7. The minimum absolute atomic E-state index is 0.0165. The molecule has 0 saturated carbocycles. The van der Waals surface area contributed by atoms with E-state index in [9.17, 15) is 9.59 Å². The first-order valence-electron chi connectivity index (χ1n) is 5.94. The fourth-order valence-electron chi connectivity index (χ4n) is 1.69. The van der Waals surface area contributed by atoms with Gasteiger partial charge in [0.1, 0.15) is 5.78 Å². The van der Waals surface area contributed by atoms with Crippen molar-refractivity contribution in [3.05, 3.63) is 35.9 Å². The maximum atomic E-state index is 11.7. The first-order chi connectivity index (χ1) is 8.13. The van der Waals surface area contributed by atoms with Gasteiger partial charge in [-0.15, -0.1) is 0 Å². The molecule has 0 radical (unpaired) electrons. The number of Topliss-reactive ketones (excluding diaryl/α,β-unsaturated/α-hetero) is 1. The van der Waals surface area contributed by atoms with Gasteiger partial charge in [-0.1, -0.05) is 30.3 Å². The van der Waals surface area contributed by atoms with Gasteiger partial charge in [0.05, 0.1) is 6.42 Å². The van der Waals surface area contributed by atoms with Crippen molar-refractivity contribution in [3.63, 3.8) is 0 Å². The summed E-state index contributed by atoms with van der Waals surface area (Å²) in [6.07, 6.45) is 0.848. The summed E-state index contributed by atoms with van der Waals surface area (Å²) in [5.41, 5.74) is 1.21. The molecular formula is C14H19NO2. The van der Waals surface area contributed by atoms with Crippen LogP contribution in [0.2, 0.25) is 0 Å². The standard InChI is InChI=1S/C14H19NO2/c1-3-15(14(17)11-12(2)16)10-9-13-7-5-4-6-8-13/h4-8H,3,9-11H2,1-2H3. The van der Waals surface area contributed by atoms with E-state index in [4.69, 9.17) is 0 Å². The summed E-state index contributed by atoms with van der Waals surface area (Å²) in [4.78, 5) is 24.3. The zero-order valence-corrected chi connectivity index (χ0v) is 10.5. The van der Waals surface area contributed by atoms with Crippen LogP contribution in [0.4, 0.5) is 0 Å². The van der Waals surface area contributed by atoms with Gasteiger partial charge < -0.3 is 4.90 Å². The molecule has 1 aromatic rings. The van der Waals surface area contributed by atoms with Crippen LogP contribution in [-0.4, -0.2) is 29.7 Å². The molecule has 0 bridgehead atoms. The summed E-state index contributed by atoms with van der Waals surface area (Å²) < 4.78 is 0. The quantitative estimate of drug-likeness (QED) is 0.705. The van der Waals surface area contributed by atoms with Crippen molar-refractivity contribution in [2.75, 3.05) is 13.1 Å². The number of benzene rings is 1. The SMILES string of the molecule is CCN(CCc1ccccc1)C(=O)CC(C)=O. The second-order valence-corrected chi connectivity index (χ2v) is 4.09. The molecule has 0 N–H and O–H groups in total. The van der Waals surface area contributed by atoms with E-state index < -0.39 is 0 Å². The normalized spacial score (nSPS) is 10.0. The average molecular weight is 233 g/mol. The third-order valence-electron chi connectivity index (χ3n) is 2.65. The molecule has 0 fully saturated rings. The fourth-order valence-corrected chi connectivity index (χ4v) is 1.69. The Morgan fingerprint density at radius 3 is 2.35 bits per heavy atom. The van der Waals surface area contributed by atoms with Gasteiger partial charge in [-0.05, 0) is 25.8 Å². The third-order valence-corrected chi connectivity index (χ3v) is 2.65. The Labute approximate surface area is 102 Å². The summed E-state index contributed by atoms with van der Waals surface area (Å²) in [5, 5.41) is 0. The lowest BCUT2D eigenvalue weighted by atomic mass is 10.1.